The third-order valence-electron chi connectivity index (χ3n) is 3.98. The van der Waals surface area contributed by atoms with Crippen LogP contribution in [0.1, 0.15) is 29.8 Å². The van der Waals surface area contributed by atoms with Gasteiger partial charge in [0, 0.05) is 13.2 Å². The second-order valence-corrected chi connectivity index (χ2v) is 6.13. The zero-order valence-corrected chi connectivity index (χ0v) is 14.7. The molecule has 0 bridgehead atoms. The minimum atomic E-state index is -0.527. The molecule has 2 rings (SSSR count). The van der Waals surface area contributed by atoms with Crippen LogP contribution in [-0.4, -0.2) is 41.8 Å². The van der Waals surface area contributed by atoms with Crippen LogP contribution in [0, 0.1) is 5.82 Å². The van der Waals surface area contributed by atoms with Crippen molar-refractivity contribution >= 4 is 5.91 Å². The van der Waals surface area contributed by atoms with Crippen molar-refractivity contribution in [2.45, 2.75) is 25.9 Å². The third kappa shape index (κ3) is 4.38. The maximum atomic E-state index is 13.5. The van der Waals surface area contributed by atoms with Crippen molar-refractivity contribution in [2.24, 2.45) is 0 Å². The molecule has 0 fully saturated rings. The van der Waals surface area contributed by atoms with Crippen LogP contribution in [0.2, 0.25) is 0 Å². The summed E-state index contributed by atoms with van der Waals surface area (Å²) >= 11 is 0. The van der Waals surface area contributed by atoms with E-state index in [1.54, 1.807) is 29.0 Å². The molecule has 1 aromatic carbocycles. The Morgan fingerprint density at radius 3 is 2.50 bits per heavy atom. The lowest BCUT2D eigenvalue weighted by atomic mass is 10.0. The Morgan fingerprint density at radius 1 is 1.21 bits per heavy atom. The zero-order chi connectivity index (χ0) is 17.7. The van der Waals surface area contributed by atoms with Crippen LogP contribution in [0.15, 0.2) is 42.6 Å². The summed E-state index contributed by atoms with van der Waals surface area (Å²) in [7, 11) is 5.37. The summed E-state index contributed by atoms with van der Waals surface area (Å²) in [4.78, 5) is 20.7. The number of benzene rings is 1. The molecule has 0 aliphatic carbocycles. The predicted molar refractivity (Wildman–Crippen MR) is 92.9 cm³/mol. The monoisotopic (exact) mass is 329 g/mol. The molecule has 0 unspecified atom stereocenters. The van der Waals surface area contributed by atoms with E-state index in [4.69, 9.17) is 0 Å². The number of hydrogen-bond acceptors (Lipinski definition) is 3. The zero-order valence-electron chi connectivity index (χ0n) is 14.7. The minimum absolute atomic E-state index is 0.0908. The molecule has 0 N–H and O–H groups in total. The van der Waals surface area contributed by atoms with Crippen molar-refractivity contribution in [3.8, 4) is 0 Å². The van der Waals surface area contributed by atoms with Gasteiger partial charge in [0.1, 0.15) is 11.9 Å². The number of aromatic nitrogens is 1. The van der Waals surface area contributed by atoms with E-state index in [9.17, 15) is 9.18 Å². The molecule has 1 amide bonds. The van der Waals surface area contributed by atoms with Crippen LogP contribution < -0.4 is 0 Å². The number of carbonyl (C=O) groups excluding carboxylic acids is 1. The van der Waals surface area contributed by atoms with E-state index in [0.29, 0.717) is 12.1 Å². The number of hydrogen-bond donors (Lipinski definition) is 0. The molecule has 5 heteroatoms. The number of halogens is 1. The molecule has 0 saturated heterocycles. The third-order valence-corrected chi connectivity index (χ3v) is 3.98. The van der Waals surface area contributed by atoms with E-state index in [1.807, 2.05) is 32.4 Å². The van der Waals surface area contributed by atoms with Gasteiger partial charge in [0.15, 0.2) is 0 Å². The van der Waals surface area contributed by atoms with Crippen molar-refractivity contribution in [2.75, 3.05) is 21.1 Å². The Bertz CT molecular complexity index is 685. The molecule has 0 aliphatic rings. The lowest BCUT2D eigenvalue weighted by Gasteiger charge is -2.28. The number of amides is 1. The molecule has 0 spiro atoms. The number of likely N-dealkylation sites (N-methyl/N-ethyl adjacent to an activating group) is 2. The SMILES string of the molecule is CCc1ccc(CN(C)C(=O)[C@H](c2cccc(F)c2)N(C)C)nc1. The second-order valence-electron chi connectivity index (χ2n) is 6.13. The van der Waals surface area contributed by atoms with Gasteiger partial charge in [0.2, 0.25) is 5.91 Å². The lowest BCUT2D eigenvalue weighted by Crippen LogP contribution is -2.38. The molecule has 0 saturated carbocycles. The van der Waals surface area contributed by atoms with Gasteiger partial charge in [-0.3, -0.25) is 14.7 Å². The van der Waals surface area contributed by atoms with E-state index in [1.165, 1.54) is 17.7 Å². The maximum Gasteiger partial charge on any atom is 0.244 e. The molecule has 24 heavy (non-hydrogen) atoms. The number of nitrogens with zero attached hydrogens (tertiary/aromatic N) is 3. The highest BCUT2D eigenvalue weighted by Gasteiger charge is 2.26. The highest BCUT2D eigenvalue weighted by atomic mass is 19.1. The average molecular weight is 329 g/mol. The van der Waals surface area contributed by atoms with Crippen molar-refractivity contribution in [1.29, 1.82) is 0 Å². The van der Waals surface area contributed by atoms with Crippen molar-refractivity contribution in [3.05, 3.63) is 65.2 Å². The molecular weight excluding hydrogens is 305 g/mol. The van der Waals surface area contributed by atoms with Crippen molar-refractivity contribution < 1.29 is 9.18 Å². The Balaban J connectivity index is 2.16. The first-order valence-corrected chi connectivity index (χ1v) is 8.03. The van der Waals surface area contributed by atoms with Crippen LogP contribution >= 0.6 is 0 Å². The van der Waals surface area contributed by atoms with Crippen LogP contribution in [-0.2, 0) is 17.8 Å². The highest BCUT2D eigenvalue weighted by molar-refractivity contribution is 5.83. The van der Waals surface area contributed by atoms with Crippen LogP contribution in [0.3, 0.4) is 0 Å². The molecule has 0 aliphatic heterocycles. The maximum absolute atomic E-state index is 13.5. The summed E-state index contributed by atoms with van der Waals surface area (Å²) in [5.74, 6) is -0.432. The van der Waals surface area contributed by atoms with Gasteiger partial charge in [-0.1, -0.05) is 25.1 Å². The number of pyridine rings is 1. The molecule has 4 nitrogen and oxygen atoms in total. The van der Waals surface area contributed by atoms with Gasteiger partial charge in [-0.15, -0.1) is 0 Å². The van der Waals surface area contributed by atoms with Gasteiger partial charge in [0.05, 0.1) is 12.2 Å². The van der Waals surface area contributed by atoms with E-state index in [-0.39, 0.29) is 11.7 Å². The average Bonchev–Trinajstić information content (AvgIpc) is 2.55. The van der Waals surface area contributed by atoms with Gasteiger partial charge in [-0.05, 0) is 49.8 Å². The summed E-state index contributed by atoms with van der Waals surface area (Å²) in [6, 6.07) is 9.62. The lowest BCUT2D eigenvalue weighted by molar-refractivity contribution is -0.135. The summed E-state index contributed by atoms with van der Waals surface area (Å²) < 4.78 is 13.5. The van der Waals surface area contributed by atoms with E-state index in [2.05, 4.69) is 11.9 Å². The number of aryl methyl sites for hydroxylation is 1. The summed E-state index contributed by atoms with van der Waals surface area (Å²) in [6.45, 7) is 2.50. The topological polar surface area (TPSA) is 36.4 Å². The smallest absolute Gasteiger partial charge is 0.244 e. The van der Waals surface area contributed by atoms with Gasteiger partial charge in [-0.25, -0.2) is 4.39 Å². The largest absolute Gasteiger partial charge is 0.338 e. The Morgan fingerprint density at radius 2 is 1.96 bits per heavy atom. The fourth-order valence-corrected chi connectivity index (χ4v) is 2.63. The van der Waals surface area contributed by atoms with E-state index < -0.39 is 6.04 Å². The van der Waals surface area contributed by atoms with Gasteiger partial charge < -0.3 is 4.90 Å². The second kappa shape index (κ2) is 8.02. The summed E-state index contributed by atoms with van der Waals surface area (Å²) in [5, 5.41) is 0. The molecule has 0 radical (unpaired) electrons. The van der Waals surface area contributed by atoms with Crippen LogP contribution in [0.5, 0.6) is 0 Å². The van der Waals surface area contributed by atoms with Gasteiger partial charge >= 0.3 is 0 Å². The quantitative estimate of drug-likeness (QED) is 0.817. The minimum Gasteiger partial charge on any atom is -0.338 e. The molecular formula is C19H24FN3O. The Labute approximate surface area is 142 Å². The number of carbonyl (C=O) groups is 1. The van der Waals surface area contributed by atoms with Crippen molar-refractivity contribution in [1.82, 2.24) is 14.8 Å². The molecule has 1 atom stereocenters. The van der Waals surface area contributed by atoms with E-state index >= 15 is 0 Å². The first-order valence-electron chi connectivity index (χ1n) is 8.03. The predicted octanol–water partition coefficient (Wildman–Crippen LogP) is 3.04. The molecule has 2 aromatic rings. The molecule has 1 aromatic heterocycles. The van der Waals surface area contributed by atoms with Crippen LogP contribution in [0.25, 0.3) is 0 Å². The molecule has 1 heterocycles. The standard InChI is InChI=1S/C19H24FN3O/c1-5-14-9-10-17(21-12-14)13-23(4)19(24)18(22(2)3)15-7-6-8-16(20)11-15/h6-12,18H,5,13H2,1-4H3/t18-/m0/s1. The van der Waals surface area contributed by atoms with Crippen molar-refractivity contribution in [3.63, 3.8) is 0 Å². The highest BCUT2D eigenvalue weighted by Crippen LogP contribution is 2.22. The summed E-state index contributed by atoms with van der Waals surface area (Å²) in [5.41, 5.74) is 2.64. The Hall–Kier alpha value is -2.27. The van der Waals surface area contributed by atoms with Crippen LogP contribution in [0.4, 0.5) is 4.39 Å². The normalized spacial score (nSPS) is 12.2. The first kappa shape index (κ1) is 18.1. The fourth-order valence-electron chi connectivity index (χ4n) is 2.63. The number of rotatable bonds is 6. The van der Waals surface area contributed by atoms with E-state index in [0.717, 1.165) is 12.1 Å². The van der Waals surface area contributed by atoms with Gasteiger partial charge in [-0.2, -0.15) is 0 Å². The molecule has 128 valence electrons. The fraction of sp³-hybridized carbons (Fsp3) is 0.368. The summed E-state index contributed by atoms with van der Waals surface area (Å²) in [6.07, 6.45) is 2.77. The Kier molecular flexibility index (Phi) is 6.04. The first-order chi connectivity index (χ1) is 11.4. The van der Waals surface area contributed by atoms with Gasteiger partial charge in [0.25, 0.3) is 0 Å².